The smallest absolute Gasteiger partial charge is 0.229 e. The van der Waals surface area contributed by atoms with Crippen molar-refractivity contribution in [2.75, 3.05) is 24.8 Å². The van der Waals surface area contributed by atoms with Crippen LogP contribution < -0.4 is 15.4 Å². The highest BCUT2D eigenvalue weighted by molar-refractivity contribution is 6.29. The summed E-state index contributed by atoms with van der Waals surface area (Å²) < 4.78 is 35.1. The van der Waals surface area contributed by atoms with Crippen molar-refractivity contribution in [1.29, 1.82) is 0 Å². The molecule has 4 aromatic rings. The highest BCUT2D eigenvalue weighted by Crippen LogP contribution is 2.41. The van der Waals surface area contributed by atoms with Crippen molar-refractivity contribution in [3.05, 3.63) is 82.5 Å². The number of anilines is 3. The van der Waals surface area contributed by atoms with Crippen LogP contribution in [0.2, 0.25) is 5.15 Å². The third-order valence-electron chi connectivity index (χ3n) is 5.84. The van der Waals surface area contributed by atoms with Gasteiger partial charge in [-0.15, -0.1) is 0 Å². The predicted molar refractivity (Wildman–Crippen MR) is 127 cm³/mol. The molecule has 174 valence electrons. The van der Waals surface area contributed by atoms with Crippen LogP contribution in [0.3, 0.4) is 0 Å². The number of fused-ring (bicyclic) bond motifs is 1. The molecule has 0 fully saturated rings. The number of hydrogen-bond donors (Lipinski definition) is 2. The van der Waals surface area contributed by atoms with Gasteiger partial charge in [0.2, 0.25) is 5.95 Å². The van der Waals surface area contributed by atoms with Gasteiger partial charge < -0.3 is 19.9 Å². The van der Waals surface area contributed by atoms with Crippen LogP contribution in [0.15, 0.2) is 48.9 Å². The van der Waals surface area contributed by atoms with Crippen molar-refractivity contribution < 1.29 is 13.5 Å². The quantitative estimate of drug-likeness (QED) is 0.380. The molecule has 0 radical (unpaired) electrons. The first-order valence-corrected chi connectivity index (χ1v) is 11.0. The van der Waals surface area contributed by atoms with Crippen LogP contribution in [0.1, 0.15) is 29.2 Å². The van der Waals surface area contributed by atoms with Crippen LogP contribution in [0.25, 0.3) is 5.69 Å². The molecule has 2 aromatic carbocycles. The molecule has 0 amide bonds. The van der Waals surface area contributed by atoms with E-state index in [2.05, 4.69) is 20.6 Å². The van der Waals surface area contributed by atoms with Crippen LogP contribution in [0.5, 0.6) is 5.75 Å². The lowest BCUT2D eigenvalue weighted by atomic mass is 9.96. The van der Waals surface area contributed by atoms with Crippen LogP contribution in [-0.4, -0.2) is 33.7 Å². The van der Waals surface area contributed by atoms with Gasteiger partial charge in [0.25, 0.3) is 0 Å². The average Bonchev–Trinajstić information content (AvgIpc) is 3.44. The minimum absolute atomic E-state index is 0.223. The first-order valence-electron chi connectivity index (χ1n) is 10.6. The second kappa shape index (κ2) is 8.90. The number of benzene rings is 2. The molecule has 7 nitrogen and oxygen atoms in total. The molecular formula is C24H21ClF2N6O. The molecule has 0 saturated heterocycles. The largest absolute Gasteiger partial charge is 0.494 e. The number of nitrogens with one attached hydrogen (secondary N) is 2. The summed E-state index contributed by atoms with van der Waals surface area (Å²) in [5, 5.41) is 6.72. The predicted octanol–water partition coefficient (Wildman–Crippen LogP) is 5.47. The van der Waals surface area contributed by atoms with Crippen LogP contribution in [-0.2, 0) is 6.42 Å². The lowest BCUT2D eigenvalue weighted by molar-refractivity contribution is 0.413. The first kappa shape index (κ1) is 22.1. The van der Waals surface area contributed by atoms with Crippen molar-refractivity contribution >= 4 is 29.1 Å². The number of halogens is 3. The standard InChI is InChI=1S/C24H21ClF2N6O/c1-28-23-18-5-4-17(13-7-14(26)9-15(27)8-13)22(18)31-24(32-23)30-16-3-6-19(20(10-16)34-2)33-11-21(25)29-12-33/h3,6-12,17H,4-5H2,1-2H3,(H2,28,30,31,32). The Hall–Kier alpha value is -3.72. The van der Waals surface area contributed by atoms with E-state index in [9.17, 15) is 8.78 Å². The summed E-state index contributed by atoms with van der Waals surface area (Å²) >= 11 is 5.94. The summed E-state index contributed by atoms with van der Waals surface area (Å²) in [5.74, 6) is 0.226. The molecule has 1 atom stereocenters. The Morgan fingerprint density at radius 1 is 1.12 bits per heavy atom. The van der Waals surface area contributed by atoms with Crippen molar-refractivity contribution in [2.45, 2.75) is 18.8 Å². The fraction of sp³-hybridized carbons (Fsp3) is 0.208. The lowest BCUT2D eigenvalue weighted by Gasteiger charge is -2.16. The lowest BCUT2D eigenvalue weighted by Crippen LogP contribution is -2.08. The van der Waals surface area contributed by atoms with Gasteiger partial charge in [0.1, 0.15) is 34.7 Å². The number of methoxy groups -OCH3 is 1. The molecule has 1 aliphatic rings. The van der Waals surface area contributed by atoms with Gasteiger partial charge in [-0.1, -0.05) is 11.6 Å². The first-order chi connectivity index (χ1) is 16.4. The van der Waals surface area contributed by atoms with Crippen LogP contribution >= 0.6 is 11.6 Å². The highest BCUT2D eigenvalue weighted by Gasteiger charge is 2.30. The Balaban J connectivity index is 1.49. The second-order valence-electron chi connectivity index (χ2n) is 7.92. The molecule has 0 aliphatic heterocycles. The molecule has 5 rings (SSSR count). The van der Waals surface area contributed by atoms with E-state index in [0.29, 0.717) is 46.8 Å². The Morgan fingerprint density at radius 2 is 1.91 bits per heavy atom. The van der Waals surface area contributed by atoms with Gasteiger partial charge in [0.05, 0.1) is 18.5 Å². The number of rotatable bonds is 6. The van der Waals surface area contributed by atoms with Gasteiger partial charge in [-0.3, -0.25) is 0 Å². The van der Waals surface area contributed by atoms with E-state index in [1.54, 1.807) is 31.2 Å². The van der Waals surface area contributed by atoms with Gasteiger partial charge in [0, 0.05) is 42.5 Å². The van der Waals surface area contributed by atoms with Gasteiger partial charge >= 0.3 is 0 Å². The number of nitrogens with zero attached hydrogens (tertiary/aromatic N) is 4. The van der Waals surface area contributed by atoms with Crippen LogP contribution in [0.4, 0.5) is 26.2 Å². The molecule has 0 bridgehead atoms. The molecule has 1 aliphatic carbocycles. The number of ether oxygens (including phenoxy) is 1. The zero-order valence-electron chi connectivity index (χ0n) is 18.4. The molecule has 2 N–H and O–H groups in total. The third-order valence-corrected chi connectivity index (χ3v) is 6.04. The maximum Gasteiger partial charge on any atom is 0.229 e. The average molecular weight is 483 g/mol. The number of hydrogen-bond acceptors (Lipinski definition) is 6. The fourth-order valence-corrected chi connectivity index (χ4v) is 4.50. The number of aromatic nitrogens is 4. The minimum atomic E-state index is -0.601. The molecular weight excluding hydrogens is 462 g/mol. The summed E-state index contributed by atoms with van der Waals surface area (Å²) in [6, 6.07) is 9.15. The molecule has 2 aromatic heterocycles. The zero-order chi connectivity index (χ0) is 23.8. The Kier molecular flexibility index (Phi) is 5.79. The zero-order valence-corrected chi connectivity index (χ0v) is 19.2. The molecule has 2 heterocycles. The fourth-order valence-electron chi connectivity index (χ4n) is 4.35. The molecule has 1 unspecified atom stereocenters. The van der Waals surface area contributed by atoms with Gasteiger partial charge in [-0.05, 0) is 42.7 Å². The van der Waals surface area contributed by atoms with E-state index in [1.165, 1.54) is 12.1 Å². The van der Waals surface area contributed by atoms with E-state index in [1.807, 2.05) is 18.2 Å². The SMILES string of the molecule is CNc1nc(Nc2ccc(-n3cnc(Cl)c3)c(OC)c2)nc2c1CCC2c1cc(F)cc(F)c1. The summed E-state index contributed by atoms with van der Waals surface area (Å²) in [7, 11) is 3.37. The summed E-state index contributed by atoms with van der Waals surface area (Å²) in [4.78, 5) is 13.4. The van der Waals surface area contributed by atoms with Gasteiger partial charge in [-0.25, -0.2) is 18.7 Å². The Bertz CT molecular complexity index is 1360. The maximum absolute atomic E-state index is 13.9. The summed E-state index contributed by atoms with van der Waals surface area (Å²) in [6.45, 7) is 0. The maximum atomic E-state index is 13.9. The molecule has 0 spiro atoms. The van der Waals surface area contributed by atoms with Gasteiger partial charge in [-0.2, -0.15) is 4.98 Å². The monoisotopic (exact) mass is 482 g/mol. The van der Waals surface area contributed by atoms with E-state index in [4.69, 9.17) is 21.3 Å². The normalized spacial score (nSPS) is 14.7. The van der Waals surface area contributed by atoms with Crippen molar-refractivity contribution in [3.63, 3.8) is 0 Å². The van der Waals surface area contributed by atoms with E-state index in [-0.39, 0.29) is 5.92 Å². The van der Waals surface area contributed by atoms with E-state index in [0.717, 1.165) is 23.0 Å². The van der Waals surface area contributed by atoms with Crippen molar-refractivity contribution in [2.24, 2.45) is 0 Å². The minimum Gasteiger partial charge on any atom is -0.494 e. The van der Waals surface area contributed by atoms with E-state index >= 15 is 0 Å². The van der Waals surface area contributed by atoms with E-state index < -0.39 is 11.6 Å². The number of imidazole rings is 1. The molecule has 34 heavy (non-hydrogen) atoms. The van der Waals surface area contributed by atoms with Crippen molar-refractivity contribution in [3.8, 4) is 11.4 Å². The second-order valence-corrected chi connectivity index (χ2v) is 8.31. The van der Waals surface area contributed by atoms with Gasteiger partial charge in [0.15, 0.2) is 0 Å². The Labute approximate surface area is 199 Å². The molecule has 0 saturated carbocycles. The topological polar surface area (TPSA) is 76.9 Å². The Morgan fingerprint density at radius 3 is 2.59 bits per heavy atom. The summed E-state index contributed by atoms with van der Waals surface area (Å²) in [5.41, 5.74) is 3.75. The van der Waals surface area contributed by atoms with Crippen molar-refractivity contribution in [1.82, 2.24) is 19.5 Å². The summed E-state index contributed by atoms with van der Waals surface area (Å²) in [6.07, 6.45) is 4.70. The third kappa shape index (κ3) is 4.14. The van der Waals surface area contributed by atoms with Crippen LogP contribution in [0, 0.1) is 11.6 Å². The highest BCUT2D eigenvalue weighted by atomic mass is 35.5. The molecule has 10 heteroatoms.